The number of hydrogen-bond acceptors (Lipinski definition) is 4. The number of rotatable bonds is 4. The van der Waals surface area contributed by atoms with Crippen molar-refractivity contribution >= 4 is 5.91 Å². The number of amides is 1. The molecule has 5 nitrogen and oxygen atoms in total. The van der Waals surface area contributed by atoms with Crippen LogP contribution in [0.2, 0.25) is 0 Å². The molecule has 2 fully saturated rings. The van der Waals surface area contributed by atoms with Crippen LogP contribution in [0.15, 0.2) is 0 Å². The van der Waals surface area contributed by atoms with Gasteiger partial charge >= 0.3 is 0 Å². The molecule has 2 N–H and O–H groups in total. The predicted molar refractivity (Wildman–Crippen MR) is 74.9 cm³/mol. The van der Waals surface area contributed by atoms with E-state index in [2.05, 4.69) is 17.1 Å². The lowest BCUT2D eigenvalue weighted by Gasteiger charge is -2.42. The Morgan fingerprint density at radius 1 is 1.47 bits per heavy atom. The maximum absolute atomic E-state index is 12.4. The van der Waals surface area contributed by atoms with Crippen molar-refractivity contribution in [2.45, 2.75) is 51.3 Å². The second kappa shape index (κ2) is 6.68. The van der Waals surface area contributed by atoms with Gasteiger partial charge < -0.3 is 15.3 Å². The average molecular weight is 269 g/mol. The first-order chi connectivity index (χ1) is 9.11. The van der Waals surface area contributed by atoms with E-state index in [1.807, 2.05) is 11.8 Å². The molecule has 0 aromatic heterocycles. The standard InChI is InChI=1S/C14H27N3O2/c1-3-12-10-17(8-7-16(12)9-11(2)18)14(19)13-5-4-6-15-13/h11-13,15,18H,3-10H2,1-2H3/t11?,12?,13-/m0/s1. The number of carbonyl (C=O) groups excluding carboxylic acids is 1. The molecule has 2 heterocycles. The lowest BCUT2D eigenvalue weighted by Crippen LogP contribution is -2.58. The van der Waals surface area contributed by atoms with Gasteiger partial charge in [-0.25, -0.2) is 0 Å². The molecule has 2 rings (SSSR count). The van der Waals surface area contributed by atoms with Crippen molar-refractivity contribution in [3.8, 4) is 0 Å². The summed E-state index contributed by atoms with van der Waals surface area (Å²) < 4.78 is 0. The Morgan fingerprint density at radius 2 is 2.26 bits per heavy atom. The van der Waals surface area contributed by atoms with Crippen LogP contribution in [0.1, 0.15) is 33.1 Å². The van der Waals surface area contributed by atoms with Gasteiger partial charge in [-0.1, -0.05) is 6.92 Å². The molecule has 0 bridgehead atoms. The van der Waals surface area contributed by atoms with Gasteiger partial charge in [-0.2, -0.15) is 0 Å². The SMILES string of the molecule is CCC1CN(C(=O)[C@@H]2CCCN2)CCN1CC(C)O. The zero-order chi connectivity index (χ0) is 13.8. The molecule has 3 atom stereocenters. The number of nitrogens with zero attached hydrogens (tertiary/aromatic N) is 2. The maximum atomic E-state index is 12.4. The van der Waals surface area contributed by atoms with Crippen molar-refractivity contribution in [2.24, 2.45) is 0 Å². The summed E-state index contributed by atoms with van der Waals surface area (Å²) in [6, 6.07) is 0.425. The molecule has 5 heteroatoms. The summed E-state index contributed by atoms with van der Waals surface area (Å²) in [5.74, 6) is 0.271. The molecule has 1 amide bonds. The first-order valence-electron chi connectivity index (χ1n) is 7.56. The van der Waals surface area contributed by atoms with Crippen molar-refractivity contribution in [1.29, 1.82) is 0 Å². The Morgan fingerprint density at radius 3 is 2.84 bits per heavy atom. The van der Waals surface area contributed by atoms with Crippen LogP contribution in [0.5, 0.6) is 0 Å². The van der Waals surface area contributed by atoms with Crippen LogP contribution in [-0.4, -0.2) is 71.7 Å². The van der Waals surface area contributed by atoms with E-state index in [4.69, 9.17) is 0 Å². The highest BCUT2D eigenvalue weighted by molar-refractivity contribution is 5.82. The lowest BCUT2D eigenvalue weighted by molar-refractivity contribution is -0.136. The number of hydrogen-bond donors (Lipinski definition) is 2. The van der Waals surface area contributed by atoms with Gasteiger partial charge in [-0.3, -0.25) is 9.69 Å². The molecule has 2 aliphatic rings. The number of aliphatic hydroxyl groups is 1. The van der Waals surface area contributed by atoms with E-state index in [1.165, 1.54) is 0 Å². The van der Waals surface area contributed by atoms with Gasteiger partial charge in [-0.05, 0) is 32.7 Å². The molecular formula is C14H27N3O2. The number of β-amino-alcohol motifs (C(OH)–C–C–N with tert-alkyl or cyclic N) is 1. The highest BCUT2D eigenvalue weighted by Crippen LogP contribution is 2.16. The fraction of sp³-hybridized carbons (Fsp3) is 0.929. The smallest absolute Gasteiger partial charge is 0.239 e. The molecule has 0 aliphatic carbocycles. The van der Waals surface area contributed by atoms with Crippen molar-refractivity contribution in [3.63, 3.8) is 0 Å². The van der Waals surface area contributed by atoms with Gasteiger partial charge in [0.15, 0.2) is 0 Å². The molecule has 110 valence electrons. The molecule has 0 spiro atoms. The number of piperazine rings is 1. The van der Waals surface area contributed by atoms with Gasteiger partial charge in [0.25, 0.3) is 0 Å². The van der Waals surface area contributed by atoms with E-state index in [-0.39, 0.29) is 18.1 Å². The summed E-state index contributed by atoms with van der Waals surface area (Å²) >= 11 is 0. The molecule has 0 aromatic carbocycles. The fourth-order valence-corrected chi connectivity index (χ4v) is 3.18. The fourth-order valence-electron chi connectivity index (χ4n) is 3.18. The van der Waals surface area contributed by atoms with E-state index < -0.39 is 0 Å². The first kappa shape index (κ1) is 14.8. The summed E-state index contributed by atoms with van der Waals surface area (Å²) in [6.07, 6.45) is 2.81. The highest BCUT2D eigenvalue weighted by atomic mass is 16.3. The highest BCUT2D eigenvalue weighted by Gasteiger charge is 2.33. The summed E-state index contributed by atoms with van der Waals surface area (Å²) in [5.41, 5.74) is 0. The zero-order valence-electron chi connectivity index (χ0n) is 12.1. The lowest BCUT2D eigenvalue weighted by atomic mass is 10.1. The van der Waals surface area contributed by atoms with Crippen LogP contribution in [-0.2, 0) is 4.79 Å². The minimum atomic E-state index is -0.298. The Labute approximate surface area is 115 Å². The molecule has 0 aromatic rings. The van der Waals surface area contributed by atoms with Crippen molar-refractivity contribution in [2.75, 3.05) is 32.7 Å². The normalized spacial score (nSPS) is 30.6. The second-order valence-corrected chi connectivity index (χ2v) is 5.84. The molecule has 0 saturated carbocycles. The molecule has 0 radical (unpaired) electrons. The third kappa shape index (κ3) is 3.68. The third-order valence-corrected chi connectivity index (χ3v) is 4.24. The van der Waals surface area contributed by atoms with E-state index in [9.17, 15) is 9.90 Å². The van der Waals surface area contributed by atoms with Crippen LogP contribution in [0, 0.1) is 0 Å². The summed E-state index contributed by atoms with van der Waals surface area (Å²) in [7, 11) is 0. The predicted octanol–water partition coefficient (Wildman–Crippen LogP) is 0.0420. The maximum Gasteiger partial charge on any atom is 0.239 e. The van der Waals surface area contributed by atoms with Gasteiger partial charge in [0, 0.05) is 32.2 Å². The summed E-state index contributed by atoms with van der Waals surface area (Å²) in [4.78, 5) is 16.7. The van der Waals surface area contributed by atoms with Gasteiger partial charge in [0.2, 0.25) is 5.91 Å². The number of carbonyl (C=O) groups is 1. The van der Waals surface area contributed by atoms with Crippen LogP contribution >= 0.6 is 0 Å². The molecule has 19 heavy (non-hydrogen) atoms. The Bertz CT molecular complexity index is 303. The Balaban J connectivity index is 1.90. The average Bonchev–Trinajstić information content (AvgIpc) is 2.91. The Hall–Kier alpha value is -0.650. The molecule has 2 saturated heterocycles. The zero-order valence-corrected chi connectivity index (χ0v) is 12.1. The van der Waals surface area contributed by atoms with E-state index in [0.717, 1.165) is 45.4 Å². The van der Waals surface area contributed by atoms with Crippen molar-refractivity contribution < 1.29 is 9.90 Å². The van der Waals surface area contributed by atoms with E-state index in [0.29, 0.717) is 12.6 Å². The quantitative estimate of drug-likeness (QED) is 0.757. The molecular weight excluding hydrogens is 242 g/mol. The minimum absolute atomic E-state index is 0.0424. The van der Waals surface area contributed by atoms with Crippen LogP contribution in [0.4, 0.5) is 0 Å². The molecule has 2 aliphatic heterocycles. The van der Waals surface area contributed by atoms with E-state index >= 15 is 0 Å². The van der Waals surface area contributed by atoms with Crippen LogP contribution in [0.3, 0.4) is 0 Å². The summed E-state index contributed by atoms with van der Waals surface area (Å²) in [6.45, 7) is 8.13. The Kier molecular flexibility index (Phi) is 5.19. The minimum Gasteiger partial charge on any atom is -0.392 e. The third-order valence-electron chi connectivity index (χ3n) is 4.24. The van der Waals surface area contributed by atoms with Crippen LogP contribution in [0.25, 0.3) is 0 Å². The van der Waals surface area contributed by atoms with Gasteiger partial charge in [-0.15, -0.1) is 0 Å². The summed E-state index contributed by atoms with van der Waals surface area (Å²) in [5, 5.41) is 12.8. The second-order valence-electron chi connectivity index (χ2n) is 5.84. The van der Waals surface area contributed by atoms with Crippen molar-refractivity contribution in [3.05, 3.63) is 0 Å². The largest absolute Gasteiger partial charge is 0.392 e. The van der Waals surface area contributed by atoms with Gasteiger partial charge in [0.1, 0.15) is 0 Å². The van der Waals surface area contributed by atoms with Gasteiger partial charge in [0.05, 0.1) is 12.1 Å². The first-order valence-corrected chi connectivity index (χ1v) is 7.56. The number of aliphatic hydroxyl groups excluding tert-OH is 1. The van der Waals surface area contributed by atoms with E-state index in [1.54, 1.807) is 0 Å². The monoisotopic (exact) mass is 269 g/mol. The van der Waals surface area contributed by atoms with Crippen LogP contribution < -0.4 is 5.32 Å². The topological polar surface area (TPSA) is 55.8 Å². The number of nitrogens with one attached hydrogen (secondary N) is 1. The van der Waals surface area contributed by atoms with Crippen molar-refractivity contribution in [1.82, 2.24) is 15.1 Å². The molecule has 2 unspecified atom stereocenters.